The van der Waals surface area contributed by atoms with Crippen molar-refractivity contribution >= 4 is 12.4 Å². The molecule has 1 unspecified atom stereocenters. The predicted molar refractivity (Wildman–Crippen MR) is 31.1 cm³/mol. The number of hydrogen-bond donors (Lipinski definition) is 0. The van der Waals surface area contributed by atoms with Crippen LogP contribution in [-0.2, 0) is 19.1 Å². The van der Waals surface area contributed by atoms with Gasteiger partial charge < -0.3 is 9.47 Å². The van der Waals surface area contributed by atoms with Crippen LogP contribution in [0.4, 0.5) is 0 Å². The van der Waals surface area contributed by atoms with Crippen molar-refractivity contribution in [3.8, 4) is 0 Å². The summed E-state index contributed by atoms with van der Waals surface area (Å²) >= 11 is 0. The van der Waals surface area contributed by atoms with Crippen LogP contribution in [-0.4, -0.2) is 25.7 Å². The molecule has 0 aliphatic carbocycles. The van der Waals surface area contributed by atoms with Crippen LogP contribution in [0.1, 0.15) is 6.42 Å². The summed E-state index contributed by atoms with van der Waals surface area (Å²) in [6, 6.07) is 0. The van der Waals surface area contributed by atoms with Crippen molar-refractivity contribution in [2.75, 3.05) is 13.2 Å². The second kappa shape index (κ2) is 3.20. The maximum atomic E-state index is 10.5. The molecule has 0 aromatic carbocycles. The van der Waals surface area contributed by atoms with E-state index in [9.17, 15) is 9.59 Å². The quantitative estimate of drug-likeness (QED) is 0.404. The van der Waals surface area contributed by atoms with Gasteiger partial charge in [-0.3, -0.25) is 9.59 Å². The summed E-state index contributed by atoms with van der Waals surface area (Å²) in [6.45, 7) is 1.05. The highest BCUT2D eigenvalue weighted by Gasteiger charge is 2.23. The summed E-state index contributed by atoms with van der Waals surface area (Å²) in [5, 5.41) is 0. The molecule has 0 amide bonds. The Morgan fingerprint density at radius 1 is 1.80 bits per heavy atom. The van der Waals surface area contributed by atoms with Gasteiger partial charge >= 0.3 is 5.97 Å². The molecule has 1 aliphatic heterocycles. The zero-order valence-corrected chi connectivity index (χ0v) is 5.41. The molecule has 56 valence electrons. The first kappa shape index (κ1) is 7.05. The molecule has 1 aliphatic rings. The molecule has 1 atom stereocenters. The highest BCUT2D eigenvalue weighted by molar-refractivity contribution is 5.71. The number of hydrogen-bond acceptors (Lipinski definition) is 4. The fraction of sp³-hybridized carbons (Fsp3) is 0.667. The van der Waals surface area contributed by atoms with E-state index in [-0.39, 0.29) is 18.5 Å². The van der Waals surface area contributed by atoms with E-state index in [2.05, 4.69) is 9.47 Å². The van der Waals surface area contributed by atoms with Crippen LogP contribution in [0.5, 0.6) is 0 Å². The highest BCUT2D eigenvalue weighted by Crippen LogP contribution is 2.13. The van der Waals surface area contributed by atoms with E-state index in [0.29, 0.717) is 19.5 Å². The number of ether oxygens (including phenoxy) is 2. The zero-order valence-electron chi connectivity index (χ0n) is 5.41. The molecule has 1 fully saturated rings. The minimum absolute atomic E-state index is 0.0673. The predicted octanol–water partition coefficient (Wildman–Crippen LogP) is -0.278. The summed E-state index contributed by atoms with van der Waals surface area (Å²) in [7, 11) is 0. The molecule has 10 heavy (non-hydrogen) atoms. The second-order valence-corrected chi connectivity index (χ2v) is 2.18. The number of cyclic esters (lactones) is 1. The van der Waals surface area contributed by atoms with Crippen molar-refractivity contribution in [1.29, 1.82) is 0 Å². The van der Waals surface area contributed by atoms with E-state index >= 15 is 0 Å². The first-order chi connectivity index (χ1) is 4.83. The third-order valence-corrected chi connectivity index (χ3v) is 1.34. The lowest BCUT2D eigenvalue weighted by molar-refractivity contribution is -0.138. The molecule has 1 saturated heterocycles. The van der Waals surface area contributed by atoms with E-state index in [0.717, 1.165) is 0 Å². The SMILES string of the molecule is O=COCC1COC(=O)C1. The third-order valence-electron chi connectivity index (χ3n) is 1.34. The summed E-state index contributed by atoms with van der Waals surface area (Å²) in [5.74, 6) is -0.141. The average Bonchev–Trinajstić information content (AvgIpc) is 2.31. The Labute approximate surface area is 58.1 Å². The molecule has 0 aromatic rings. The molecule has 0 radical (unpaired) electrons. The van der Waals surface area contributed by atoms with Crippen LogP contribution in [0.3, 0.4) is 0 Å². The van der Waals surface area contributed by atoms with Gasteiger partial charge in [-0.1, -0.05) is 0 Å². The number of esters is 1. The van der Waals surface area contributed by atoms with Crippen molar-refractivity contribution in [2.24, 2.45) is 5.92 Å². The standard InChI is InChI=1S/C6H8O4/c7-4-9-2-5-1-6(8)10-3-5/h4-5H,1-3H2. The molecular formula is C6H8O4. The van der Waals surface area contributed by atoms with E-state index in [1.54, 1.807) is 0 Å². The number of carbonyl (C=O) groups excluding carboxylic acids is 2. The van der Waals surface area contributed by atoms with Crippen LogP contribution in [0.25, 0.3) is 0 Å². The van der Waals surface area contributed by atoms with Gasteiger partial charge in [0.15, 0.2) is 0 Å². The Balaban J connectivity index is 2.18. The lowest BCUT2D eigenvalue weighted by Gasteiger charge is -2.01. The van der Waals surface area contributed by atoms with E-state index in [1.807, 2.05) is 0 Å². The minimum atomic E-state index is -0.209. The van der Waals surface area contributed by atoms with Gasteiger partial charge in [0.2, 0.25) is 0 Å². The maximum Gasteiger partial charge on any atom is 0.306 e. The zero-order chi connectivity index (χ0) is 7.40. The Morgan fingerprint density at radius 3 is 3.10 bits per heavy atom. The molecule has 4 nitrogen and oxygen atoms in total. The van der Waals surface area contributed by atoms with Crippen molar-refractivity contribution in [1.82, 2.24) is 0 Å². The third kappa shape index (κ3) is 1.72. The first-order valence-corrected chi connectivity index (χ1v) is 3.04. The summed E-state index contributed by atoms with van der Waals surface area (Å²) in [5.41, 5.74) is 0. The Bertz CT molecular complexity index is 143. The van der Waals surface area contributed by atoms with Crippen molar-refractivity contribution < 1.29 is 19.1 Å². The van der Waals surface area contributed by atoms with Crippen molar-refractivity contribution in [3.63, 3.8) is 0 Å². The van der Waals surface area contributed by atoms with E-state index in [1.165, 1.54) is 0 Å². The average molecular weight is 144 g/mol. The van der Waals surface area contributed by atoms with Crippen molar-refractivity contribution in [3.05, 3.63) is 0 Å². The largest absolute Gasteiger partial charge is 0.467 e. The summed E-state index contributed by atoms with van der Waals surface area (Å²) in [6.07, 6.45) is 0.369. The Hall–Kier alpha value is -1.06. The lowest BCUT2D eigenvalue weighted by Crippen LogP contribution is -2.08. The fourth-order valence-electron chi connectivity index (χ4n) is 0.847. The molecule has 0 spiro atoms. The molecule has 1 rings (SSSR count). The minimum Gasteiger partial charge on any atom is -0.467 e. The van der Waals surface area contributed by atoms with Crippen LogP contribution < -0.4 is 0 Å². The molecule has 0 N–H and O–H groups in total. The van der Waals surface area contributed by atoms with Crippen LogP contribution >= 0.6 is 0 Å². The van der Waals surface area contributed by atoms with Gasteiger partial charge in [-0.05, 0) is 0 Å². The van der Waals surface area contributed by atoms with Gasteiger partial charge in [0.05, 0.1) is 19.6 Å². The van der Waals surface area contributed by atoms with E-state index in [4.69, 9.17) is 0 Å². The van der Waals surface area contributed by atoms with Crippen LogP contribution in [0.2, 0.25) is 0 Å². The monoisotopic (exact) mass is 144 g/mol. The Morgan fingerprint density at radius 2 is 2.60 bits per heavy atom. The van der Waals surface area contributed by atoms with Gasteiger partial charge in [-0.25, -0.2) is 0 Å². The van der Waals surface area contributed by atoms with Gasteiger partial charge in [-0.2, -0.15) is 0 Å². The second-order valence-electron chi connectivity index (χ2n) is 2.18. The van der Waals surface area contributed by atoms with E-state index < -0.39 is 0 Å². The number of rotatable bonds is 3. The number of carbonyl (C=O) groups is 2. The van der Waals surface area contributed by atoms with Crippen molar-refractivity contribution in [2.45, 2.75) is 6.42 Å². The van der Waals surface area contributed by atoms with Gasteiger partial charge in [0.1, 0.15) is 0 Å². The normalized spacial score (nSPS) is 24.0. The maximum absolute atomic E-state index is 10.5. The van der Waals surface area contributed by atoms with Crippen LogP contribution in [0.15, 0.2) is 0 Å². The topological polar surface area (TPSA) is 52.6 Å². The molecule has 1 heterocycles. The molecule has 0 aromatic heterocycles. The van der Waals surface area contributed by atoms with Gasteiger partial charge in [0, 0.05) is 5.92 Å². The highest BCUT2D eigenvalue weighted by atomic mass is 16.5. The Kier molecular flexibility index (Phi) is 2.25. The van der Waals surface area contributed by atoms with Gasteiger partial charge in [-0.15, -0.1) is 0 Å². The smallest absolute Gasteiger partial charge is 0.306 e. The summed E-state index contributed by atoms with van der Waals surface area (Å²) < 4.78 is 9.08. The molecule has 0 saturated carbocycles. The van der Waals surface area contributed by atoms with Crippen LogP contribution in [0, 0.1) is 5.92 Å². The van der Waals surface area contributed by atoms with Gasteiger partial charge in [0.25, 0.3) is 6.47 Å². The fourth-order valence-corrected chi connectivity index (χ4v) is 0.847. The molecule has 0 bridgehead atoms. The lowest BCUT2D eigenvalue weighted by atomic mass is 10.1. The molecular weight excluding hydrogens is 136 g/mol. The summed E-state index contributed by atoms with van der Waals surface area (Å²) in [4.78, 5) is 20.1. The molecule has 4 heteroatoms. The first-order valence-electron chi connectivity index (χ1n) is 3.04.